The molecule has 0 spiro atoms. The van der Waals surface area contributed by atoms with Gasteiger partial charge in [-0.2, -0.15) is 0 Å². The highest BCUT2D eigenvalue weighted by atomic mass is 16.5. The van der Waals surface area contributed by atoms with Crippen LogP contribution in [0.15, 0.2) is 11.6 Å². The third-order valence-electron chi connectivity index (χ3n) is 3.37. The molecule has 0 amide bonds. The number of ketones is 1. The molecule has 0 radical (unpaired) electrons. The molecule has 0 N–H and O–H groups in total. The zero-order chi connectivity index (χ0) is 12.2. The van der Waals surface area contributed by atoms with E-state index in [1.807, 2.05) is 20.8 Å². The Kier molecular flexibility index (Phi) is 4.72. The molecule has 0 saturated heterocycles. The van der Waals surface area contributed by atoms with Gasteiger partial charge in [0.2, 0.25) is 0 Å². The molecule has 0 aromatic heterocycles. The molecule has 92 valence electrons. The Morgan fingerprint density at radius 2 is 1.94 bits per heavy atom. The smallest absolute Gasteiger partial charge is 0.187 e. The number of hydrogen-bond donors (Lipinski definition) is 0. The predicted molar refractivity (Wildman–Crippen MR) is 66.4 cm³/mol. The van der Waals surface area contributed by atoms with Gasteiger partial charge in [-0.05, 0) is 58.4 Å². The summed E-state index contributed by atoms with van der Waals surface area (Å²) in [7, 11) is 0. The summed E-state index contributed by atoms with van der Waals surface area (Å²) in [5.74, 6) is 0.898. The van der Waals surface area contributed by atoms with Gasteiger partial charge in [-0.1, -0.05) is 12.5 Å². The van der Waals surface area contributed by atoms with Crippen molar-refractivity contribution in [1.82, 2.24) is 0 Å². The second-order valence-electron chi connectivity index (χ2n) is 5.20. The fraction of sp³-hybridized carbons (Fsp3) is 0.786. The maximum Gasteiger partial charge on any atom is 0.187 e. The SMILES string of the molecule is CCOC1(C(=O)C=C(C)C)CCC(C)CC1. The highest BCUT2D eigenvalue weighted by Crippen LogP contribution is 2.36. The monoisotopic (exact) mass is 224 g/mol. The summed E-state index contributed by atoms with van der Waals surface area (Å²) in [6.45, 7) is 8.76. The van der Waals surface area contributed by atoms with Crippen LogP contribution >= 0.6 is 0 Å². The Bertz CT molecular complexity index is 266. The first-order valence-corrected chi connectivity index (χ1v) is 6.33. The van der Waals surface area contributed by atoms with Crippen molar-refractivity contribution in [2.24, 2.45) is 5.92 Å². The lowest BCUT2D eigenvalue weighted by Crippen LogP contribution is -2.44. The van der Waals surface area contributed by atoms with Crippen molar-refractivity contribution in [3.05, 3.63) is 11.6 Å². The largest absolute Gasteiger partial charge is 0.367 e. The van der Waals surface area contributed by atoms with Crippen LogP contribution in [0.1, 0.15) is 53.4 Å². The summed E-state index contributed by atoms with van der Waals surface area (Å²) >= 11 is 0. The van der Waals surface area contributed by atoms with Crippen molar-refractivity contribution in [3.63, 3.8) is 0 Å². The van der Waals surface area contributed by atoms with E-state index in [-0.39, 0.29) is 5.78 Å². The van der Waals surface area contributed by atoms with Crippen LogP contribution in [0.4, 0.5) is 0 Å². The van der Waals surface area contributed by atoms with Gasteiger partial charge in [-0.15, -0.1) is 0 Å². The van der Waals surface area contributed by atoms with E-state index in [2.05, 4.69) is 6.92 Å². The van der Waals surface area contributed by atoms with E-state index in [0.717, 1.165) is 37.2 Å². The topological polar surface area (TPSA) is 26.3 Å². The van der Waals surface area contributed by atoms with E-state index < -0.39 is 5.60 Å². The van der Waals surface area contributed by atoms with E-state index in [1.54, 1.807) is 6.08 Å². The molecular formula is C14H24O2. The Morgan fingerprint density at radius 1 is 1.38 bits per heavy atom. The van der Waals surface area contributed by atoms with Crippen molar-refractivity contribution >= 4 is 5.78 Å². The Hall–Kier alpha value is -0.630. The lowest BCUT2D eigenvalue weighted by Gasteiger charge is -2.37. The number of carbonyl (C=O) groups is 1. The first kappa shape index (κ1) is 13.4. The van der Waals surface area contributed by atoms with Crippen molar-refractivity contribution < 1.29 is 9.53 Å². The molecule has 16 heavy (non-hydrogen) atoms. The van der Waals surface area contributed by atoms with Crippen LogP contribution in [0.3, 0.4) is 0 Å². The third kappa shape index (κ3) is 3.18. The minimum Gasteiger partial charge on any atom is -0.367 e. The highest BCUT2D eigenvalue weighted by molar-refractivity contribution is 5.97. The maximum atomic E-state index is 12.2. The van der Waals surface area contributed by atoms with Crippen molar-refractivity contribution in [3.8, 4) is 0 Å². The van der Waals surface area contributed by atoms with Gasteiger partial charge < -0.3 is 4.74 Å². The average molecular weight is 224 g/mol. The lowest BCUT2D eigenvalue weighted by atomic mass is 9.76. The molecular weight excluding hydrogens is 200 g/mol. The van der Waals surface area contributed by atoms with E-state index in [9.17, 15) is 4.79 Å². The third-order valence-corrected chi connectivity index (χ3v) is 3.37. The summed E-state index contributed by atoms with van der Waals surface area (Å²) in [4.78, 5) is 12.2. The summed E-state index contributed by atoms with van der Waals surface area (Å²) in [5.41, 5.74) is 0.543. The molecule has 0 unspecified atom stereocenters. The van der Waals surface area contributed by atoms with Crippen LogP contribution in [0.25, 0.3) is 0 Å². The number of allylic oxidation sites excluding steroid dienone is 1. The van der Waals surface area contributed by atoms with Gasteiger partial charge in [0, 0.05) is 6.61 Å². The van der Waals surface area contributed by atoms with Crippen LogP contribution in [-0.2, 0) is 9.53 Å². The molecule has 0 aliphatic heterocycles. The van der Waals surface area contributed by atoms with E-state index >= 15 is 0 Å². The first-order chi connectivity index (χ1) is 7.50. The van der Waals surface area contributed by atoms with Gasteiger partial charge in [-0.3, -0.25) is 4.79 Å². The molecule has 0 atom stereocenters. The molecule has 0 heterocycles. The van der Waals surface area contributed by atoms with Crippen LogP contribution < -0.4 is 0 Å². The second-order valence-corrected chi connectivity index (χ2v) is 5.20. The summed E-state index contributed by atoms with van der Waals surface area (Å²) in [5, 5.41) is 0. The van der Waals surface area contributed by atoms with Crippen LogP contribution in [0, 0.1) is 5.92 Å². The zero-order valence-corrected chi connectivity index (χ0v) is 11.0. The molecule has 0 bridgehead atoms. The molecule has 0 aromatic carbocycles. The summed E-state index contributed by atoms with van der Waals surface area (Å²) in [6, 6.07) is 0. The molecule has 2 nitrogen and oxygen atoms in total. The average Bonchev–Trinajstić information content (AvgIpc) is 2.21. The van der Waals surface area contributed by atoms with Gasteiger partial charge in [0.25, 0.3) is 0 Å². The number of rotatable bonds is 4. The predicted octanol–water partition coefficient (Wildman–Crippen LogP) is 3.51. The van der Waals surface area contributed by atoms with Gasteiger partial charge in [0.15, 0.2) is 5.78 Å². The van der Waals surface area contributed by atoms with Gasteiger partial charge in [-0.25, -0.2) is 0 Å². The fourth-order valence-electron chi connectivity index (χ4n) is 2.36. The normalized spacial score (nSPS) is 29.9. The molecule has 1 saturated carbocycles. The van der Waals surface area contributed by atoms with Crippen LogP contribution in [-0.4, -0.2) is 18.0 Å². The van der Waals surface area contributed by atoms with E-state index in [0.29, 0.717) is 6.61 Å². The molecule has 2 heteroatoms. The molecule has 1 aliphatic carbocycles. The fourth-order valence-corrected chi connectivity index (χ4v) is 2.36. The lowest BCUT2D eigenvalue weighted by molar-refractivity contribution is -0.144. The summed E-state index contributed by atoms with van der Waals surface area (Å²) in [6.07, 6.45) is 5.70. The standard InChI is InChI=1S/C14H24O2/c1-5-16-14(13(15)10-11(2)3)8-6-12(4)7-9-14/h10,12H,5-9H2,1-4H3. The van der Waals surface area contributed by atoms with E-state index in [1.165, 1.54) is 0 Å². The van der Waals surface area contributed by atoms with Gasteiger partial charge in [0.05, 0.1) is 0 Å². The van der Waals surface area contributed by atoms with Gasteiger partial charge >= 0.3 is 0 Å². The maximum absolute atomic E-state index is 12.2. The second kappa shape index (κ2) is 5.62. The number of hydrogen-bond acceptors (Lipinski definition) is 2. The highest BCUT2D eigenvalue weighted by Gasteiger charge is 2.40. The quantitative estimate of drug-likeness (QED) is 0.683. The van der Waals surface area contributed by atoms with Crippen molar-refractivity contribution in [1.29, 1.82) is 0 Å². The number of carbonyl (C=O) groups excluding carboxylic acids is 1. The molecule has 0 aromatic rings. The van der Waals surface area contributed by atoms with Crippen molar-refractivity contribution in [2.75, 3.05) is 6.61 Å². The Morgan fingerprint density at radius 3 is 2.38 bits per heavy atom. The van der Waals surface area contributed by atoms with Gasteiger partial charge in [0.1, 0.15) is 5.60 Å². The van der Waals surface area contributed by atoms with Crippen LogP contribution in [0.5, 0.6) is 0 Å². The van der Waals surface area contributed by atoms with Crippen LogP contribution in [0.2, 0.25) is 0 Å². The minimum absolute atomic E-state index is 0.168. The Labute approximate surface area is 99.1 Å². The first-order valence-electron chi connectivity index (χ1n) is 6.33. The van der Waals surface area contributed by atoms with E-state index in [4.69, 9.17) is 4.74 Å². The summed E-state index contributed by atoms with van der Waals surface area (Å²) < 4.78 is 5.79. The number of ether oxygens (including phenoxy) is 1. The van der Waals surface area contributed by atoms with Crippen molar-refractivity contribution in [2.45, 2.75) is 59.0 Å². The molecule has 1 fully saturated rings. The zero-order valence-electron chi connectivity index (χ0n) is 11.0. The molecule has 1 aliphatic rings. The molecule has 1 rings (SSSR count). The Balaban J connectivity index is 2.80. The minimum atomic E-state index is -0.515.